The van der Waals surface area contributed by atoms with E-state index in [1.54, 1.807) is 6.33 Å². The highest BCUT2D eigenvalue weighted by Crippen LogP contribution is 2.30. The van der Waals surface area contributed by atoms with Crippen LogP contribution >= 0.6 is 0 Å². The predicted octanol–water partition coefficient (Wildman–Crippen LogP) is 4.21. The maximum absolute atomic E-state index is 9.57. The molecule has 2 fully saturated rings. The monoisotopic (exact) mass is 474 g/mol. The summed E-state index contributed by atoms with van der Waals surface area (Å²) in [5.74, 6) is 2.25. The SMILES string of the molecule is CCN1CCC(CCOc2ccc(-c3nc(C#N)nc4c3ncn4CC3CCOC3)cc2C)CC1. The van der Waals surface area contributed by atoms with Crippen molar-refractivity contribution in [1.29, 1.82) is 5.26 Å². The fraction of sp³-hybridized carbons (Fsp3) is 0.556. The van der Waals surface area contributed by atoms with E-state index < -0.39 is 0 Å². The third-order valence-electron chi connectivity index (χ3n) is 7.43. The lowest BCUT2D eigenvalue weighted by atomic mass is 9.94. The summed E-state index contributed by atoms with van der Waals surface area (Å²) in [5, 5.41) is 9.57. The van der Waals surface area contributed by atoms with E-state index in [-0.39, 0.29) is 5.82 Å². The first-order valence-electron chi connectivity index (χ1n) is 12.8. The molecular formula is C27H34N6O2. The molecule has 4 heterocycles. The Kier molecular flexibility index (Phi) is 7.26. The van der Waals surface area contributed by atoms with Crippen molar-refractivity contribution < 1.29 is 9.47 Å². The van der Waals surface area contributed by atoms with Gasteiger partial charge in [0.05, 0.1) is 19.5 Å². The van der Waals surface area contributed by atoms with Gasteiger partial charge in [-0.15, -0.1) is 0 Å². The zero-order valence-corrected chi connectivity index (χ0v) is 20.7. The highest BCUT2D eigenvalue weighted by molar-refractivity contribution is 5.88. The van der Waals surface area contributed by atoms with Gasteiger partial charge in [0, 0.05) is 24.6 Å². The van der Waals surface area contributed by atoms with Gasteiger partial charge >= 0.3 is 0 Å². The van der Waals surface area contributed by atoms with Gasteiger partial charge in [0.1, 0.15) is 23.0 Å². The van der Waals surface area contributed by atoms with Gasteiger partial charge < -0.3 is 18.9 Å². The van der Waals surface area contributed by atoms with Crippen LogP contribution in [0.5, 0.6) is 5.75 Å². The number of hydrogen-bond donors (Lipinski definition) is 0. The Hall–Kier alpha value is -3.02. The third-order valence-corrected chi connectivity index (χ3v) is 7.43. The molecule has 0 radical (unpaired) electrons. The molecule has 8 nitrogen and oxygen atoms in total. The number of likely N-dealkylation sites (tertiary alicyclic amines) is 1. The molecule has 0 saturated carbocycles. The second-order valence-electron chi connectivity index (χ2n) is 9.80. The minimum absolute atomic E-state index is 0.157. The van der Waals surface area contributed by atoms with Crippen molar-refractivity contribution in [2.75, 3.05) is 39.5 Å². The quantitative estimate of drug-likeness (QED) is 0.483. The van der Waals surface area contributed by atoms with Gasteiger partial charge in [-0.25, -0.2) is 9.97 Å². The number of hydrogen-bond acceptors (Lipinski definition) is 7. The highest BCUT2D eigenvalue weighted by atomic mass is 16.5. The van der Waals surface area contributed by atoms with Gasteiger partial charge in [0.2, 0.25) is 5.82 Å². The molecule has 5 rings (SSSR count). The lowest BCUT2D eigenvalue weighted by Crippen LogP contribution is -2.33. The molecule has 0 aliphatic carbocycles. The Morgan fingerprint density at radius 3 is 2.74 bits per heavy atom. The summed E-state index contributed by atoms with van der Waals surface area (Å²) in [4.78, 5) is 16.2. The smallest absolute Gasteiger partial charge is 0.234 e. The van der Waals surface area contributed by atoms with Crippen LogP contribution in [0.1, 0.15) is 44.0 Å². The zero-order valence-electron chi connectivity index (χ0n) is 20.7. The Morgan fingerprint density at radius 1 is 1.17 bits per heavy atom. The number of piperidine rings is 1. The lowest BCUT2D eigenvalue weighted by Gasteiger charge is -2.30. The number of imidazole rings is 1. The third kappa shape index (κ3) is 5.31. The van der Waals surface area contributed by atoms with Crippen LogP contribution < -0.4 is 4.74 Å². The number of rotatable bonds is 8. The molecule has 2 aliphatic rings. The van der Waals surface area contributed by atoms with E-state index in [4.69, 9.17) is 9.47 Å². The highest BCUT2D eigenvalue weighted by Gasteiger charge is 2.21. The van der Waals surface area contributed by atoms with E-state index in [9.17, 15) is 5.26 Å². The van der Waals surface area contributed by atoms with E-state index in [2.05, 4.69) is 45.8 Å². The van der Waals surface area contributed by atoms with Gasteiger partial charge in [0.25, 0.3) is 0 Å². The molecule has 3 aromatic rings. The number of nitriles is 1. The van der Waals surface area contributed by atoms with Crippen LogP contribution in [-0.2, 0) is 11.3 Å². The van der Waals surface area contributed by atoms with Crippen molar-refractivity contribution in [2.24, 2.45) is 11.8 Å². The molecule has 0 spiro atoms. The average molecular weight is 475 g/mol. The number of aryl methyl sites for hydroxylation is 1. The maximum Gasteiger partial charge on any atom is 0.234 e. The van der Waals surface area contributed by atoms with Crippen LogP contribution in [0.25, 0.3) is 22.4 Å². The molecule has 184 valence electrons. The van der Waals surface area contributed by atoms with Crippen LogP contribution in [-0.4, -0.2) is 63.9 Å². The first-order valence-corrected chi connectivity index (χ1v) is 12.8. The summed E-state index contributed by atoms with van der Waals surface area (Å²) in [7, 11) is 0. The zero-order chi connectivity index (χ0) is 24.2. The summed E-state index contributed by atoms with van der Waals surface area (Å²) in [6, 6.07) is 8.21. The lowest BCUT2D eigenvalue weighted by molar-refractivity contribution is 0.169. The van der Waals surface area contributed by atoms with E-state index in [0.717, 1.165) is 74.1 Å². The van der Waals surface area contributed by atoms with Crippen molar-refractivity contribution in [3.8, 4) is 23.1 Å². The van der Waals surface area contributed by atoms with Crippen molar-refractivity contribution in [1.82, 2.24) is 24.4 Å². The fourth-order valence-electron chi connectivity index (χ4n) is 5.22. The Bertz CT molecular complexity index is 1200. The van der Waals surface area contributed by atoms with Gasteiger partial charge in [0.15, 0.2) is 5.65 Å². The minimum atomic E-state index is 0.157. The average Bonchev–Trinajstić information content (AvgIpc) is 3.55. The number of nitrogens with zero attached hydrogens (tertiary/aromatic N) is 6. The molecule has 0 amide bonds. The Labute approximate surface area is 206 Å². The summed E-state index contributed by atoms with van der Waals surface area (Å²) >= 11 is 0. The molecule has 2 saturated heterocycles. The van der Waals surface area contributed by atoms with Gasteiger partial charge in [-0.2, -0.15) is 10.2 Å². The van der Waals surface area contributed by atoms with E-state index >= 15 is 0 Å². The topological polar surface area (TPSA) is 89.1 Å². The molecule has 2 aliphatic heterocycles. The van der Waals surface area contributed by atoms with Crippen LogP contribution in [0.3, 0.4) is 0 Å². The van der Waals surface area contributed by atoms with Crippen molar-refractivity contribution in [2.45, 2.75) is 46.1 Å². The molecule has 2 aromatic heterocycles. The first-order chi connectivity index (χ1) is 17.1. The van der Waals surface area contributed by atoms with Crippen LogP contribution in [0.2, 0.25) is 0 Å². The van der Waals surface area contributed by atoms with E-state index in [1.807, 2.05) is 16.7 Å². The van der Waals surface area contributed by atoms with Gasteiger partial charge in [-0.1, -0.05) is 6.92 Å². The number of ether oxygens (including phenoxy) is 2. The normalized spacial score (nSPS) is 19.3. The summed E-state index contributed by atoms with van der Waals surface area (Å²) in [5.41, 5.74) is 4.07. The fourth-order valence-corrected chi connectivity index (χ4v) is 5.22. The summed E-state index contributed by atoms with van der Waals surface area (Å²) < 4.78 is 13.7. The summed E-state index contributed by atoms with van der Waals surface area (Å²) in [6.07, 6.45) is 6.46. The number of aromatic nitrogens is 4. The largest absolute Gasteiger partial charge is 0.493 e. The van der Waals surface area contributed by atoms with Crippen LogP contribution in [0.15, 0.2) is 24.5 Å². The first kappa shape index (κ1) is 23.7. The molecule has 0 bridgehead atoms. The maximum atomic E-state index is 9.57. The van der Waals surface area contributed by atoms with E-state index in [1.165, 1.54) is 25.9 Å². The van der Waals surface area contributed by atoms with Crippen molar-refractivity contribution in [3.63, 3.8) is 0 Å². The van der Waals surface area contributed by atoms with Gasteiger partial charge in [-0.05, 0) is 81.9 Å². The van der Waals surface area contributed by atoms with Crippen LogP contribution in [0, 0.1) is 30.1 Å². The standard InChI is InChI=1S/C27H34N6O2/c1-3-32-10-6-20(7-11-32)9-13-35-23-5-4-22(14-19(23)2)25-26-27(31-24(15-28)30-25)33(18-29-26)16-21-8-12-34-17-21/h4-5,14,18,20-21H,3,6-13,16-17H2,1-2H3. The van der Waals surface area contributed by atoms with E-state index in [0.29, 0.717) is 17.3 Å². The molecule has 1 unspecified atom stereocenters. The van der Waals surface area contributed by atoms with Crippen molar-refractivity contribution >= 4 is 11.2 Å². The summed E-state index contributed by atoms with van der Waals surface area (Å²) in [6.45, 7) is 10.9. The van der Waals surface area contributed by atoms with Gasteiger partial charge in [-0.3, -0.25) is 0 Å². The van der Waals surface area contributed by atoms with Crippen LogP contribution in [0.4, 0.5) is 0 Å². The molecule has 35 heavy (non-hydrogen) atoms. The minimum Gasteiger partial charge on any atom is -0.493 e. The molecule has 0 N–H and O–H groups in total. The second kappa shape index (κ2) is 10.7. The molecule has 8 heteroatoms. The predicted molar refractivity (Wildman–Crippen MR) is 134 cm³/mol. The molecule has 1 aromatic carbocycles. The molecule has 1 atom stereocenters. The van der Waals surface area contributed by atoms with Crippen molar-refractivity contribution in [3.05, 3.63) is 35.9 Å². The Balaban J connectivity index is 1.31. The number of benzene rings is 1. The number of fused-ring (bicyclic) bond motifs is 1. The second-order valence-corrected chi connectivity index (χ2v) is 9.80. The Morgan fingerprint density at radius 2 is 2.03 bits per heavy atom. The molecular weight excluding hydrogens is 440 g/mol.